The second kappa shape index (κ2) is 4.30. The molecule has 1 aromatic rings. The van der Waals surface area contributed by atoms with Crippen LogP contribution in [0.2, 0.25) is 0 Å². The summed E-state index contributed by atoms with van der Waals surface area (Å²) in [5.74, 6) is -0.614. The third kappa shape index (κ3) is 1.74. The smallest absolute Gasteiger partial charge is 0.261 e. The lowest BCUT2D eigenvalue weighted by molar-refractivity contribution is 0.0372. The minimum absolute atomic E-state index is 0.307. The number of aliphatic hydroxyl groups is 1. The van der Waals surface area contributed by atoms with E-state index in [4.69, 9.17) is 0 Å². The Balaban J connectivity index is 2.42. The van der Waals surface area contributed by atoms with Crippen LogP contribution in [0.15, 0.2) is 24.3 Å². The molecular weight excluding hydrogens is 218 g/mol. The Morgan fingerprint density at radius 2 is 1.65 bits per heavy atom. The number of carbonyl (C=O) groups is 2. The molecule has 0 aliphatic carbocycles. The summed E-state index contributed by atoms with van der Waals surface area (Å²) in [7, 11) is 0. The van der Waals surface area contributed by atoms with Gasteiger partial charge in [0.1, 0.15) is 0 Å². The zero-order chi connectivity index (χ0) is 12.6. The number of fused-ring (bicyclic) bond motifs is 1. The van der Waals surface area contributed by atoms with Crippen LogP contribution in [-0.2, 0) is 0 Å². The molecule has 1 N–H and O–H groups in total. The van der Waals surface area contributed by atoms with E-state index in [0.717, 1.165) is 0 Å². The summed E-state index contributed by atoms with van der Waals surface area (Å²) in [6.07, 6.45) is -0.175. The van der Waals surface area contributed by atoms with Gasteiger partial charge in [-0.2, -0.15) is 0 Å². The monoisotopic (exact) mass is 233 g/mol. The maximum atomic E-state index is 12.1. The molecule has 0 saturated carbocycles. The molecule has 2 rings (SSSR count). The van der Waals surface area contributed by atoms with Crippen molar-refractivity contribution in [2.75, 3.05) is 0 Å². The Labute approximate surface area is 99.9 Å². The zero-order valence-corrected chi connectivity index (χ0v) is 9.88. The van der Waals surface area contributed by atoms with E-state index < -0.39 is 12.1 Å². The highest BCUT2D eigenvalue weighted by molar-refractivity contribution is 6.21. The summed E-state index contributed by atoms with van der Waals surface area (Å²) in [6, 6.07) is 6.30. The molecule has 0 spiro atoms. The first-order valence-corrected chi connectivity index (χ1v) is 5.73. The maximum absolute atomic E-state index is 12.1. The van der Waals surface area contributed by atoms with Crippen LogP contribution >= 0.6 is 0 Å². The minimum atomic E-state index is -0.720. The molecule has 1 aromatic carbocycles. The topological polar surface area (TPSA) is 57.6 Å². The predicted molar refractivity (Wildman–Crippen MR) is 62.7 cm³/mol. The van der Waals surface area contributed by atoms with Crippen LogP contribution in [0.4, 0.5) is 0 Å². The van der Waals surface area contributed by atoms with Gasteiger partial charge in [-0.15, -0.1) is 0 Å². The van der Waals surface area contributed by atoms with Crippen LogP contribution in [0.5, 0.6) is 0 Å². The van der Waals surface area contributed by atoms with Crippen molar-refractivity contribution < 1.29 is 14.7 Å². The molecule has 4 heteroatoms. The number of nitrogens with zero attached hydrogens (tertiary/aromatic N) is 1. The van der Waals surface area contributed by atoms with Gasteiger partial charge in [0.15, 0.2) is 0 Å². The van der Waals surface area contributed by atoms with Crippen LogP contribution in [-0.4, -0.2) is 34.0 Å². The van der Waals surface area contributed by atoms with Crippen LogP contribution in [0.3, 0.4) is 0 Å². The second-order valence-corrected chi connectivity index (χ2v) is 4.24. The predicted octanol–water partition coefficient (Wildman–Crippen LogP) is 1.44. The molecule has 0 fully saturated rings. The molecule has 0 radical (unpaired) electrons. The van der Waals surface area contributed by atoms with E-state index in [1.54, 1.807) is 31.2 Å². The summed E-state index contributed by atoms with van der Waals surface area (Å²) >= 11 is 0. The van der Waals surface area contributed by atoms with E-state index in [1.165, 1.54) is 4.90 Å². The normalized spacial score (nSPS) is 18.2. The van der Waals surface area contributed by atoms with Gasteiger partial charge in [0.05, 0.1) is 23.3 Å². The Morgan fingerprint density at radius 1 is 1.18 bits per heavy atom. The van der Waals surface area contributed by atoms with Crippen molar-refractivity contribution in [3.05, 3.63) is 35.4 Å². The molecule has 4 nitrogen and oxygen atoms in total. The molecule has 1 heterocycles. The highest BCUT2D eigenvalue weighted by Gasteiger charge is 2.40. The first kappa shape index (κ1) is 11.8. The third-order valence-corrected chi connectivity index (χ3v) is 3.13. The fourth-order valence-corrected chi connectivity index (χ4v) is 2.25. The molecule has 2 atom stereocenters. The number of imide groups is 1. The highest BCUT2D eigenvalue weighted by atomic mass is 16.3. The Morgan fingerprint density at radius 3 is 2.00 bits per heavy atom. The zero-order valence-electron chi connectivity index (χ0n) is 9.88. The average molecular weight is 233 g/mol. The Hall–Kier alpha value is -1.68. The standard InChI is InChI=1S/C13H15NO3/c1-3-11(8(2)15)14-12(16)9-6-4-5-7-10(9)13(14)17/h4-8,11,15H,3H2,1-2H3. The lowest BCUT2D eigenvalue weighted by Gasteiger charge is -2.27. The lowest BCUT2D eigenvalue weighted by atomic mass is 10.1. The molecule has 2 unspecified atom stereocenters. The van der Waals surface area contributed by atoms with E-state index >= 15 is 0 Å². The van der Waals surface area contributed by atoms with Crippen molar-refractivity contribution in [3.63, 3.8) is 0 Å². The molecule has 1 aliphatic heterocycles. The van der Waals surface area contributed by atoms with Gasteiger partial charge in [-0.3, -0.25) is 14.5 Å². The summed E-state index contributed by atoms with van der Waals surface area (Å²) in [5.41, 5.74) is 0.855. The van der Waals surface area contributed by atoms with Gasteiger partial charge < -0.3 is 5.11 Å². The average Bonchev–Trinajstić information content (AvgIpc) is 2.56. The van der Waals surface area contributed by atoms with Crippen LogP contribution in [0, 0.1) is 0 Å². The number of amides is 2. The summed E-state index contributed by atoms with van der Waals surface area (Å²) < 4.78 is 0. The van der Waals surface area contributed by atoms with E-state index in [-0.39, 0.29) is 11.8 Å². The maximum Gasteiger partial charge on any atom is 0.261 e. The third-order valence-electron chi connectivity index (χ3n) is 3.13. The second-order valence-electron chi connectivity index (χ2n) is 4.24. The largest absolute Gasteiger partial charge is 0.391 e. The molecular formula is C13H15NO3. The number of rotatable bonds is 3. The quantitative estimate of drug-likeness (QED) is 0.804. The lowest BCUT2D eigenvalue weighted by Crippen LogP contribution is -2.45. The first-order chi connectivity index (χ1) is 8.07. The van der Waals surface area contributed by atoms with E-state index in [2.05, 4.69) is 0 Å². The van der Waals surface area contributed by atoms with Gasteiger partial charge in [0.25, 0.3) is 11.8 Å². The molecule has 2 amide bonds. The summed E-state index contributed by atoms with van der Waals surface area (Å²) in [4.78, 5) is 25.4. The molecule has 0 aromatic heterocycles. The minimum Gasteiger partial charge on any atom is -0.391 e. The van der Waals surface area contributed by atoms with Crippen molar-refractivity contribution >= 4 is 11.8 Å². The van der Waals surface area contributed by atoms with Crippen molar-refractivity contribution in [2.45, 2.75) is 32.4 Å². The van der Waals surface area contributed by atoms with Gasteiger partial charge in [-0.05, 0) is 25.5 Å². The van der Waals surface area contributed by atoms with Crippen molar-refractivity contribution in [1.82, 2.24) is 4.90 Å². The van der Waals surface area contributed by atoms with Gasteiger partial charge in [0, 0.05) is 0 Å². The first-order valence-electron chi connectivity index (χ1n) is 5.73. The Bertz CT molecular complexity index is 432. The number of carbonyl (C=O) groups excluding carboxylic acids is 2. The van der Waals surface area contributed by atoms with Crippen molar-refractivity contribution in [3.8, 4) is 0 Å². The van der Waals surface area contributed by atoms with Gasteiger partial charge in [-0.1, -0.05) is 19.1 Å². The summed E-state index contributed by atoms with van der Waals surface area (Å²) in [5, 5.41) is 9.64. The number of hydrogen-bond acceptors (Lipinski definition) is 3. The number of hydrogen-bond donors (Lipinski definition) is 1. The van der Waals surface area contributed by atoms with Crippen molar-refractivity contribution in [2.24, 2.45) is 0 Å². The van der Waals surface area contributed by atoms with Gasteiger partial charge in [0.2, 0.25) is 0 Å². The van der Waals surface area contributed by atoms with Crippen LogP contribution < -0.4 is 0 Å². The van der Waals surface area contributed by atoms with E-state index in [0.29, 0.717) is 17.5 Å². The fraction of sp³-hybridized carbons (Fsp3) is 0.385. The molecule has 0 bridgehead atoms. The molecule has 0 saturated heterocycles. The highest BCUT2D eigenvalue weighted by Crippen LogP contribution is 2.26. The number of benzene rings is 1. The molecule has 1 aliphatic rings. The molecule has 17 heavy (non-hydrogen) atoms. The van der Waals surface area contributed by atoms with Crippen molar-refractivity contribution in [1.29, 1.82) is 0 Å². The molecule has 90 valence electrons. The SMILES string of the molecule is CCC(C(C)O)N1C(=O)c2ccccc2C1=O. The number of aliphatic hydroxyl groups excluding tert-OH is 1. The van der Waals surface area contributed by atoms with Gasteiger partial charge in [-0.25, -0.2) is 0 Å². The fourth-order valence-electron chi connectivity index (χ4n) is 2.25. The van der Waals surface area contributed by atoms with E-state index in [9.17, 15) is 14.7 Å². The van der Waals surface area contributed by atoms with Crippen LogP contribution in [0.25, 0.3) is 0 Å². The van der Waals surface area contributed by atoms with Crippen LogP contribution in [0.1, 0.15) is 41.0 Å². The summed E-state index contributed by atoms with van der Waals surface area (Å²) in [6.45, 7) is 3.44. The Kier molecular flexibility index (Phi) is 2.98. The van der Waals surface area contributed by atoms with E-state index in [1.807, 2.05) is 6.92 Å². The van der Waals surface area contributed by atoms with Gasteiger partial charge >= 0.3 is 0 Å².